The molecular formula is C14H19FN2O2. The Morgan fingerprint density at radius 2 is 2.16 bits per heavy atom. The number of carbonyl (C=O) groups is 1. The second kappa shape index (κ2) is 5.67. The van der Waals surface area contributed by atoms with E-state index >= 15 is 0 Å². The summed E-state index contributed by atoms with van der Waals surface area (Å²) in [6, 6.07) is 4.21. The van der Waals surface area contributed by atoms with E-state index in [4.69, 9.17) is 10.5 Å². The molecule has 2 rings (SSSR count). The minimum Gasteiger partial charge on any atom is -0.381 e. The van der Waals surface area contributed by atoms with Gasteiger partial charge < -0.3 is 15.8 Å². The molecule has 104 valence electrons. The smallest absolute Gasteiger partial charge is 0.252 e. The zero-order valence-electron chi connectivity index (χ0n) is 11.0. The van der Waals surface area contributed by atoms with E-state index in [1.54, 1.807) is 13.0 Å². The number of nitrogens with two attached hydrogens (primary N) is 1. The number of nitrogens with one attached hydrogen (secondary N) is 1. The van der Waals surface area contributed by atoms with Gasteiger partial charge >= 0.3 is 0 Å². The van der Waals surface area contributed by atoms with E-state index in [0.29, 0.717) is 38.2 Å². The first-order chi connectivity index (χ1) is 9.06. The van der Waals surface area contributed by atoms with Crippen LogP contribution in [0.15, 0.2) is 18.2 Å². The van der Waals surface area contributed by atoms with E-state index in [1.165, 1.54) is 12.1 Å². The minimum absolute atomic E-state index is 0.274. The fourth-order valence-corrected chi connectivity index (χ4v) is 2.29. The lowest BCUT2D eigenvalue weighted by molar-refractivity contribution is 0.0388. The van der Waals surface area contributed by atoms with Crippen LogP contribution in [0.5, 0.6) is 0 Å². The van der Waals surface area contributed by atoms with Gasteiger partial charge in [-0.25, -0.2) is 4.39 Å². The predicted octanol–water partition coefficient (Wildman–Crippen LogP) is 1.37. The van der Waals surface area contributed by atoms with Crippen molar-refractivity contribution in [3.8, 4) is 0 Å². The number of carbonyl (C=O) groups excluding carboxylic acids is 1. The SMILES string of the molecule is Cc1ccc(F)cc1C(=O)NC1(CN)CCOCC1. The van der Waals surface area contributed by atoms with Crippen LogP contribution in [0.25, 0.3) is 0 Å². The van der Waals surface area contributed by atoms with Crippen molar-refractivity contribution in [1.82, 2.24) is 5.32 Å². The summed E-state index contributed by atoms with van der Waals surface area (Å²) in [4.78, 5) is 12.3. The molecule has 1 fully saturated rings. The maximum absolute atomic E-state index is 13.2. The standard InChI is InChI=1S/C14H19FN2O2/c1-10-2-3-11(15)8-12(10)13(18)17-14(9-16)4-6-19-7-5-14/h2-3,8H,4-7,9,16H2,1H3,(H,17,18). The normalized spacial score (nSPS) is 18.1. The first-order valence-electron chi connectivity index (χ1n) is 6.43. The van der Waals surface area contributed by atoms with Crippen molar-refractivity contribution >= 4 is 5.91 Å². The monoisotopic (exact) mass is 266 g/mol. The van der Waals surface area contributed by atoms with Gasteiger partial charge in [0.25, 0.3) is 5.91 Å². The van der Waals surface area contributed by atoms with Gasteiger partial charge in [0, 0.05) is 25.3 Å². The molecule has 0 aromatic heterocycles. The molecule has 0 bridgehead atoms. The summed E-state index contributed by atoms with van der Waals surface area (Å²) >= 11 is 0. The number of aryl methyl sites for hydroxylation is 1. The van der Waals surface area contributed by atoms with Crippen molar-refractivity contribution in [2.75, 3.05) is 19.8 Å². The summed E-state index contributed by atoms with van der Waals surface area (Å²) in [6.07, 6.45) is 1.37. The zero-order chi connectivity index (χ0) is 13.9. The molecule has 1 aliphatic heterocycles. The molecule has 5 heteroatoms. The highest BCUT2D eigenvalue weighted by Gasteiger charge is 2.33. The molecule has 19 heavy (non-hydrogen) atoms. The Balaban J connectivity index is 2.17. The van der Waals surface area contributed by atoms with E-state index in [9.17, 15) is 9.18 Å². The molecule has 1 saturated heterocycles. The van der Waals surface area contributed by atoms with Gasteiger partial charge in [0.1, 0.15) is 5.82 Å². The van der Waals surface area contributed by atoms with Crippen LogP contribution in [0.4, 0.5) is 4.39 Å². The van der Waals surface area contributed by atoms with Gasteiger partial charge in [0.2, 0.25) is 0 Å². The summed E-state index contributed by atoms with van der Waals surface area (Å²) in [5.41, 5.74) is 6.46. The number of hydrogen-bond acceptors (Lipinski definition) is 3. The zero-order valence-corrected chi connectivity index (χ0v) is 11.0. The number of hydrogen-bond donors (Lipinski definition) is 2. The first-order valence-corrected chi connectivity index (χ1v) is 6.43. The highest BCUT2D eigenvalue weighted by molar-refractivity contribution is 5.96. The third kappa shape index (κ3) is 3.11. The number of amides is 1. The molecule has 4 nitrogen and oxygen atoms in total. The van der Waals surface area contributed by atoms with Gasteiger partial charge in [-0.2, -0.15) is 0 Å². The van der Waals surface area contributed by atoms with Gasteiger partial charge in [-0.3, -0.25) is 4.79 Å². The molecule has 0 unspecified atom stereocenters. The summed E-state index contributed by atoms with van der Waals surface area (Å²) in [5.74, 6) is -0.686. The van der Waals surface area contributed by atoms with E-state index in [0.717, 1.165) is 5.56 Å². The molecule has 0 saturated carbocycles. The van der Waals surface area contributed by atoms with Crippen LogP contribution in [-0.4, -0.2) is 31.2 Å². The van der Waals surface area contributed by atoms with Crippen molar-refractivity contribution in [2.45, 2.75) is 25.3 Å². The lowest BCUT2D eigenvalue weighted by Crippen LogP contribution is -2.56. The Hall–Kier alpha value is -1.46. The first kappa shape index (κ1) is 14.0. The number of ether oxygens (including phenoxy) is 1. The molecule has 1 aromatic carbocycles. The van der Waals surface area contributed by atoms with Gasteiger partial charge in [-0.15, -0.1) is 0 Å². The topological polar surface area (TPSA) is 64.4 Å². The molecular weight excluding hydrogens is 247 g/mol. The second-order valence-electron chi connectivity index (χ2n) is 5.01. The highest BCUT2D eigenvalue weighted by Crippen LogP contribution is 2.21. The van der Waals surface area contributed by atoms with Gasteiger partial charge in [-0.1, -0.05) is 6.07 Å². The van der Waals surface area contributed by atoms with Crippen LogP contribution in [0.1, 0.15) is 28.8 Å². The van der Waals surface area contributed by atoms with Crippen LogP contribution in [0.3, 0.4) is 0 Å². The Kier molecular flexibility index (Phi) is 4.17. The third-order valence-electron chi connectivity index (χ3n) is 3.66. The van der Waals surface area contributed by atoms with Crippen molar-refractivity contribution < 1.29 is 13.9 Å². The predicted molar refractivity (Wildman–Crippen MR) is 70.4 cm³/mol. The molecule has 0 radical (unpaired) electrons. The van der Waals surface area contributed by atoms with Crippen LogP contribution in [0.2, 0.25) is 0 Å². The maximum atomic E-state index is 13.2. The Morgan fingerprint density at radius 1 is 1.47 bits per heavy atom. The van der Waals surface area contributed by atoms with E-state index in [-0.39, 0.29) is 5.91 Å². The lowest BCUT2D eigenvalue weighted by Gasteiger charge is -2.37. The third-order valence-corrected chi connectivity index (χ3v) is 3.66. The number of rotatable bonds is 3. The highest BCUT2D eigenvalue weighted by atomic mass is 19.1. The van der Waals surface area contributed by atoms with Gasteiger partial charge in [-0.05, 0) is 37.5 Å². The summed E-state index contributed by atoms with van der Waals surface area (Å²) in [6.45, 7) is 3.31. The van der Waals surface area contributed by atoms with E-state index < -0.39 is 11.4 Å². The summed E-state index contributed by atoms with van der Waals surface area (Å²) in [5, 5.41) is 2.96. The molecule has 0 aliphatic carbocycles. The molecule has 1 aliphatic rings. The molecule has 0 atom stereocenters. The fraction of sp³-hybridized carbons (Fsp3) is 0.500. The largest absolute Gasteiger partial charge is 0.381 e. The average molecular weight is 266 g/mol. The van der Waals surface area contributed by atoms with Crippen LogP contribution in [0, 0.1) is 12.7 Å². The molecule has 1 aromatic rings. The minimum atomic E-state index is -0.436. The quantitative estimate of drug-likeness (QED) is 0.868. The Bertz CT molecular complexity index is 471. The van der Waals surface area contributed by atoms with Crippen LogP contribution < -0.4 is 11.1 Å². The van der Waals surface area contributed by atoms with Crippen molar-refractivity contribution in [3.63, 3.8) is 0 Å². The van der Waals surface area contributed by atoms with Crippen molar-refractivity contribution in [1.29, 1.82) is 0 Å². The van der Waals surface area contributed by atoms with Crippen molar-refractivity contribution in [3.05, 3.63) is 35.1 Å². The Labute approximate surface area is 112 Å². The summed E-state index contributed by atoms with van der Waals surface area (Å²) in [7, 11) is 0. The number of benzene rings is 1. The summed E-state index contributed by atoms with van der Waals surface area (Å²) < 4.78 is 18.5. The van der Waals surface area contributed by atoms with Gasteiger partial charge in [0.15, 0.2) is 0 Å². The fourth-order valence-electron chi connectivity index (χ4n) is 2.29. The van der Waals surface area contributed by atoms with Crippen molar-refractivity contribution in [2.24, 2.45) is 5.73 Å². The van der Waals surface area contributed by atoms with Gasteiger partial charge in [0.05, 0.1) is 5.54 Å². The van der Waals surface area contributed by atoms with Crippen LogP contribution >= 0.6 is 0 Å². The van der Waals surface area contributed by atoms with E-state index in [1.807, 2.05) is 0 Å². The molecule has 1 amide bonds. The Morgan fingerprint density at radius 3 is 2.79 bits per heavy atom. The molecule has 0 spiro atoms. The number of halogens is 1. The second-order valence-corrected chi connectivity index (χ2v) is 5.01. The lowest BCUT2D eigenvalue weighted by atomic mass is 9.89. The molecule has 3 N–H and O–H groups in total. The molecule has 1 heterocycles. The van der Waals surface area contributed by atoms with Crippen LogP contribution in [-0.2, 0) is 4.74 Å². The van der Waals surface area contributed by atoms with E-state index in [2.05, 4.69) is 5.32 Å². The average Bonchev–Trinajstić information content (AvgIpc) is 2.42. The maximum Gasteiger partial charge on any atom is 0.252 e.